The third-order valence-corrected chi connectivity index (χ3v) is 2.11. The maximum absolute atomic E-state index is 11.3. The number of aromatic amines is 1. The number of carbonyl (C=O) groups is 1. The van der Waals surface area contributed by atoms with Crippen molar-refractivity contribution < 1.29 is 9.21 Å². The molecule has 0 atom stereocenters. The van der Waals surface area contributed by atoms with Gasteiger partial charge in [0.05, 0.1) is 11.9 Å². The Labute approximate surface area is 90.6 Å². The molecule has 1 heterocycles. The van der Waals surface area contributed by atoms with Crippen molar-refractivity contribution in [3.63, 3.8) is 0 Å². The molecule has 0 saturated heterocycles. The SMILES string of the molecule is CNNC(=O)Cc1ccc2oc(=O)[nH]c2c1. The Bertz CT molecular complexity index is 570. The van der Waals surface area contributed by atoms with Gasteiger partial charge in [0.1, 0.15) is 0 Å². The first-order valence-corrected chi connectivity index (χ1v) is 4.76. The lowest BCUT2D eigenvalue weighted by Gasteiger charge is -2.02. The van der Waals surface area contributed by atoms with Gasteiger partial charge < -0.3 is 4.42 Å². The monoisotopic (exact) mass is 221 g/mol. The molecule has 1 amide bonds. The topological polar surface area (TPSA) is 87.1 Å². The standard InChI is InChI=1S/C10H11N3O3/c1-11-13-9(14)5-6-2-3-8-7(4-6)12-10(15)16-8/h2-4,11H,5H2,1H3,(H,12,15)(H,13,14). The molecule has 0 radical (unpaired) electrons. The summed E-state index contributed by atoms with van der Waals surface area (Å²) in [7, 11) is 1.62. The molecule has 0 spiro atoms. The summed E-state index contributed by atoms with van der Waals surface area (Å²) in [5.41, 5.74) is 6.90. The zero-order valence-electron chi connectivity index (χ0n) is 8.66. The van der Waals surface area contributed by atoms with Crippen LogP contribution >= 0.6 is 0 Å². The average Bonchev–Trinajstić information content (AvgIpc) is 2.57. The molecule has 0 aliphatic carbocycles. The summed E-state index contributed by atoms with van der Waals surface area (Å²) in [5.74, 6) is -0.639. The quantitative estimate of drug-likeness (QED) is 0.632. The third-order valence-electron chi connectivity index (χ3n) is 2.11. The number of hydrogen-bond acceptors (Lipinski definition) is 4. The number of amides is 1. The first-order chi connectivity index (χ1) is 7.69. The lowest BCUT2D eigenvalue weighted by molar-refractivity contribution is -0.121. The summed E-state index contributed by atoms with van der Waals surface area (Å²) < 4.78 is 4.85. The molecule has 0 aliphatic rings. The number of carbonyl (C=O) groups excluding carboxylic acids is 1. The molecule has 0 aliphatic heterocycles. The second-order valence-corrected chi connectivity index (χ2v) is 3.32. The van der Waals surface area contributed by atoms with Crippen LogP contribution < -0.4 is 16.6 Å². The van der Waals surface area contributed by atoms with Gasteiger partial charge in [-0.1, -0.05) is 6.07 Å². The van der Waals surface area contributed by atoms with Gasteiger partial charge in [-0.05, 0) is 17.7 Å². The van der Waals surface area contributed by atoms with E-state index in [0.29, 0.717) is 11.1 Å². The summed E-state index contributed by atoms with van der Waals surface area (Å²) in [6.45, 7) is 0. The van der Waals surface area contributed by atoms with Crippen LogP contribution in [-0.2, 0) is 11.2 Å². The molecule has 0 unspecified atom stereocenters. The van der Waals surface area contributed by atoms with Gasteiger partial charge >= 0.3 is 5.76 Å². The summed E-state index contributed by atoms with van der Waals surface area (Å²) in [4.78, 5) is 24.7. The van der Waals surface area contributed by atoms with Crippen LogP contribution in [-0.4, -0.2) is 17.9 Å². The summed E-state index contributed by atoms with van der Waals surface area (Å²) >= 11 is 0. The van der Waals surface area contributed by atoms with Crippen molar-refractivity contribution >= 4 is 17.0 Å². The van der Waals surface area contributed by atoms with E-state index in [0.717, 1.165) is 5.56 Å². The van der Waals surface area contributed by atoms with Crippen molar-refractivity contribution in [1.82, 2.24) is 15.8 Å². The van der Waals surface area contributed by atoms with Crippen LogP contribution in [0.1, 0.15) is 5.56 Å². The van der Waals surface area contributed by atoms with E-state index in [1.807, 2.05) is 0 Å². The largest absolute Gasteiger partial charge is 0.417 e. The Morgan fingerprint density at radius 2 is 2.31 bits per heavy atom. The summed E-state index contributed by atoms with van der Waals surface area (Å²) in [5, 5.41) is 0. The molecule has 16 heavy (non-hydrogen) atoms. The fourth-order valence-electron chi connectivity index (χ4n) is 1.48. The lowest BCUT2D eigenvalue weighted by atomic mass is 10.1. The molecule has 84 valence electrons. The van der Waals surface area contributed by atoms with Gasteiger partial charge in [0.15, 0.2) is 5.58 Å². The van der Waals surface area contributed by atoms with Gasteiger partial charge in [-0.25, -0.2) is 10.2 Å². The van der Waals surface area contributed by atoms with E-state index in [4.69, 9.17) is 4.42 Å². The van der Waals surface area contributed by atoms with Crippen molar-refractivity contribution in [2.24, 2.45) is 0 Å². The fourth-order valence-corrected chi connectivity index (χ4v) is 1.48. The normalized spacial score (nSPS) is 10.6. The number of hydrogen-bond donors (Lipinski definition) is 3. The first-order valence-electron chi connectivity index (χ1n) is 4.76. The maximum atomic E-state index is 11.3. The van der Waals surface area contributed by atoms with Gasteiger partial charge in [0.25, 0.3) is 0 Å². The van der Waals surface area contributed by atoms with Crippen LogP contribution in [0, 0.1) is 0 Å². The molecule has 6 heteroatoms. The highest BCUT2D eigenvalue weighted by Crippen LogP contribution is 2.12. The maximum Gasteiger partial charge on any atom is 0.417 e. The molecule has 2 rings (SSSR count). The zero-order valence-corrected chi connectivity index (χ0v) is 8.66. The number of rotatable bonds is 3. The minimum atomic E-state index is -0.494. The number of aromatic nitrogens is 1. The van der Waals surface area contributed by atoms with Gasteiger partial charge in [-0.15, -0.1) is 0 Å². The molecular weight excluding hydrogens is 210 g/mol. The molecule has 2 aromatic rings. The predicted molar refractivity (Wildman–Crippen MR) is 57.7 cm³/mol. The number of oxazole rings is 1. The lowest BCUT2D eigenvalue weighted by Crippen LogP contribution is -2.35. The van der Waals surface area contributed by atoms with Crippen molar-refractivity contribution in [1.29, 1.82) is 0 Å². The van der Waals surface area contributed by atoms with E-state index in [1.165, 1.54) is 0 Å². The first kappa shape index (κ1) is 10.4. The molecule has 1 aromatic heterocycles. The predicted octanol–water partition coefficient (Wildman–Crippen LogP) is -0.0858. The van der Waals surface area contributed by atoms with E-state index in [-0.39, 0.29) is 12.3 Å². The molecule has 6 nitrogen and oxygen atoms in total. The minimum Gasteiger partial charge on any atom is -0.408 e. The van der Waals surface area contributed by atoms with E-state index in [9.17, 15) is 9.59 Å². The molecule has 0 saturated carbocycles. The minimum absolute atomic E-state index is 0.146. The van der Waals surface area contributed by atoms with Crippen LogP contribution in [0.15, 0.2) is 27.4 Å². The van der Waals surface area contributed by atoms with Crippen LogP contribution in [0.3, 0.4) is 0 Å². The number of nitrogens with one attached hydrogen (secondary N) is 3. The second-order valence-electron chi connectivity index (χ2n) is 3.32. The van der Waals surface area contributed by atoms with Gasteiger partial charge in [0, 0.05) is 7.05 Å². The second kappa shape index (κ2) is 4.19. The highest BCUT2D eigenvalue weighted by molar-refractivity contribution is 5.80. The Morgan fingerprint density at radius 1 is 1.50 bits per heavy atom. The zero-order chi connectivity index (χ0) is 11.5. The fraction of sp³-hybridized carbons (Fsp3) is 0.200. The van der Waals surface area contributed by atoms with E-state index in [2.05, 4.69) is 15.8 Å². The molecule has 3 N–H and O–H groups in total. The Kier molecular flexibility index (Phi) is 2.74. The number of fused-ring (bicyclic) bond motifs is 1. The van der Waals surface area contributed by atoms with Gasteiger partial charge in [-0.2, -0.15) is 0 Å². The molecular formula is C10H11N3O3. The van der Waals surface area contributed by atoms with Gasteiger partial charge in [0.2, 0.25) is 5.91 Å². The smallest absolute Gasteiger partial charge is 0.408 e. The summed E-state index contributed by atoms with van der Waals surface area (Å²) in [6, 6.07) is 5.12. The Morgan fingerprint density at radius 3 is 3.06 bits per heavy atom. The van der Waals surface area contributed by atoms with E-state index in [1.54, 1.807) is 25.2 Å². The van der Waals surface area contributed by atoms with Crippen LogP contribution in [0.5, 0.6) is 0 Å². The van der Waals surface area contributed by atoms with Crippen LogP contribution in [0.25, 0.3) is 11.1 Å². The highest BCUT2D eigenvalue weighted by Gasteiger charge is 2.05. The molecule has 0 bridgehead atoms. The Balaban J connectivity index is 2.25. The molecule has 1 aromatic carbocycles. The average molecular weight is 221 g/mol. The van der Waals surface area contributed by atoms with E-state index < -0.39 is 5.76 Å². The third kappa shape index (κ3) is 2.12. The van der Waals surface area contributed by atoms with Crippen molar-refractivity contribution in [2.75, 3.05) is 7.05 Å². The van der Waals surface area contributed by atoms with Crippen molar-refractivity contribution in [3.8, 4) is 0 Å². The van der Waals surface area contributed by atoms with Crippen molar-refractivity contribution in [2.45, 2.75) is 6.42 Å². The van der Waals surface area contributed by atoms with Crippen LogP contribution in [0.4, 0.5) is 0 Å². The number of H-pyrrole nitrogens is 1. The van der Waals surface area contributed by atoms with E-state index >= 15 is 0 Å². The van der Waals surface area contributed by atoms with Gasteiger partial charge in [-0.3, -0.25) is 15.2 Å². The number of benzene rings is 1. The van der Waals surface area contributed by atoms with Crippen LogP contribution in [0.2, 0.25) is 0 Å². The highest BCUT2D eigenvalue weighted by atomic mass is 16.4. The summed E-state index contributed by atoms with van der Waals surface area (Å²) in [6.07, 6.45) is 0.240. The Hall–Kier alpha value is -2.08. The van der Waals surface area contributed by atoms with Crippen molar-refractivity contribution in [3.05, 3.63) is 34.3 Å². The molecule has 0 fully saturated rings. The number of hydrazine groups is 1.